The second kappa shape index (κ2) is 4.74. The summed E-state index contributed by atoms with van der Waals surface area (Å²) in [7, 11) is 0. The molecule has 3 aromatic rings. The predicted molar refractivity (Wildman–Crippen MR) is 73.5 cm³/mol. The lowest BCUT2D eigenvalue weighted by molar-refractivity contribution is 0.179. The molecule has 0 amide bonds. The fraction of sp³-hybridized carbons (Fsp3) is 0.133. The van der Waals surface area contributed by atoms with Crippen molar-refractivity contribution in [3.63, 3.8) is 0 Å². The van der Waals surface area contributed by atoms with E-state index < -0.39 is 6.10 Å². The molecule has 1 atom stereocenters. The standard InChI is InChI=1S/C15H14N2O2/c16-15-8-10(5-6-17-15)7-13(18)12-9-19-14-4-2-1-3-11(12)14/h1-6,8-9,13,18H,7H2,(H2,16,17). The summed E-state index contributed by atoms with van der Waals surface area (Å²) in [5, 5.41) is 11.3. The van der Waals surface area contributed by atoms with Gasteiger partial charge in [0, 0.05) is 23.6 Å². The molecule has 0 aliphatic carbocycles. The number of nitrogens with zero attached hydrogens (tertiary/aromatic N) is 1. The lowest BCUT2D eigenvalue weighted by Gasteiger charge is -2.09. The lowest BCUT2D eigenvalue weighted by Crippen LogP contribution is -2.02. The molecular formula is C15H14N2O2. The molecule has 0 radical (unpaired) electrons. The largest absolute Gasteiger partial charge is 0.464 e. The summed E-state index contributed by atoms with van der Waals surface area (Å²) >= 11 is 0. The SMILES string of the molecule is Nc1cc(CC(O)c2coc3ccccc23)ccn1. The minimum atomic E-state index is -0.620. The van der Waals surface area contributed by atoms with Crippen LogP contribution in [0.3, 0.4) is 0 Å². The van der Waals surface area contributed by atoms with Crippen molar-refractivity contribution in [2.75, 3.05) is 5.73 Å². The van der Waals surface area contributed by atoms with Gasteiger partial charge in [0.25, 0.3) is 0 Å². The molecule has 0 aliphatic rings. The molecule has 0 spiro atoms. The predicted octanol–water partition coefficient (Wildman–Crippen LogP) is 2.69. The van der Waals surface area contributed by atoms with Gasteiger partial charge in [-0.25, -0.2) is 4.98 Å². The van der Waals surface area contributed by atoms with Crippen LogP contribution in [0.25, 0.3) is 11.0 Å². The number of aromatic nitrogens is 1. The number of nitrogens with two attached hydrogens (primary N) is 1. The zero-order valence-electron chi connectivity index (χ0n) is 10.3. The number of hydrogen-bond acceptors (Lipinski definition) is 4. The molecule has 0 aliphatic heterocycles. The molecule has 4 nitrogen and oxygen atoms in total. The van der Waals surface area contributed by atoms with Gasteiger partial charge in [0.05, 0.1) is 12.4 Å². The maximum atomic E-state index is 10.3. The van der Waals surface area contributed by atoms with Gasteiger partial charge in [0.15, 0.2) is 0 Å². The van der Waals surface area contributed by atoms with Crippen LogP contribution in [-0.4, -0.2) is 10.1 Å². The maximum Gasteiger partial charge on any atom is 0.134 e. The van der Waals surface area contributed by atoms with Crippen molar-refractivity contribution in [3.05, 3.63) is 60.0 Å². The number of anilines is 1. The number of benzene rings is 1. The van der Waals surface area contributed by atoms with E-state index >= 15 is 0 Å². The highest BCUT2D eigenvalue weighted by molar-refractivity contribution is 5.81. The first-order chi connectivity index (χ1) is 9.24. The van der Waals surface area contributed by atoms with Gasteiger partial charge >= 0.3 is 0 Å². The van der Waals surface area contributed by atoms with Crippen LogP contribution in [0, 0.1) is 0 Å². The number of fused-ring (bicyclic) bond motifs is 1. The molecule has 3 N–H and O–H groups in total. The Bertz CT molecular complexity index is 706. The minimum Gasteiger partial charge on any atom is -0.464 e. The van der Waals surface area contributed by atoms with Crippen molar-refractivity contribution in [2.45, 2.75) is 12.5 Å². The third-order valence-corrected chi connectivity index (χ3v) is 3.14. The number of rotatable bonds is 3. The smallest absolute Gasteiger partial charge is 0.134 e. The Hall–Kier alpha value is -2.33. The van der Waals surface area contributed by atoms with E-state index in [0.717, 1.165) is 22.1 Å². The van der Waals surface area contributed by atoms with Crippen molar-refractivity contribution < 1.29 is 9.52 Å². The average molecular weight is 254 g/mol. The number of aliphatic hydroxyl groups is 1. The Balaban J connectivity index is 1.90. The summed E-state index contributed by atoms with van der Waals surface area (Å²) in [6, 6.07) is 11.3. The quantitative estimate of drug-likeness (QED) is 0.753. The first-order valence-corrected chi connectivity index (χ1v) is 6.08. The summed E-state index contributed by atoms with van der Waals surface area (Å²) in [5.74, 6) is 0.460. The van der Waals surface area contributed by atoms with Crippen molar-refractivity contribution in [2.24, 2.45) is 0 Å². The van der Waals surface area contributed by atoms with E-state index in [1.165, 1.54) is 0 Å². The molecule has 1 aromatic carbocycles. The number of hydrogen-bond donors (Lipinski definition) is 2. The Labute approximate surface area is 110 Å². The lowest BCUT2D eigenvalue weighted by atomic mass is 10.0. The van der Waals surface area contributed by atoms with Crippen LogP contribution in [-0.2, 0) is 6.42 Å². The van der Waals surface area contributed by atoms with E-state index in [9.17, 15) is 5.11 Å². The number of aliphatic hydroxyl groups excluding tert-OH is 1. The van der Waals surface area contributed by atoms with E-state index in [4.69, 9.17) is 10.2 Å². The van der Waals surface area contributed by atoms with Crippen LogP contribution in [0.5, 0.6) is 0 Å². The molecular weight excluding hydrogens is 240 g/mol. The molecule has 96 valence electrons. The van der Waals surface area contributed by atoms with Crippen molar-refractivity contribution in [1.29, 1.82) is 0 Å². The van der Waals surface area contributed by atoms with Gasteiger partial charge in [-0.05, 0) is 23.8 Å². The Kier molecular flexibility index (Phi) is 2.93. The second-order valence-corrected chi connectivity index (χ2v) is 4.50. The highest BCUT2D eigenvalue weighted by atomic mass is 16.3. The van der Waals surface area contributed by atoms with Crippen molar-refractivity contribution in [3.8, 4) is 0 Å². The van der Waals surface area contributed by atoms with Gasteiger partial charge in [0.2, 0.25) is 0 Å². The summed E-state index contributed by atoms with van der Waals surface area (Å²) in [4.78, 5) is 3.94. The van der Waals surface area contributed by atoms with Gasteiger partial charge in [-0.2, -0.15) is 0 Å². The van der Waals surface area contributed by atoms with Crippen LogP contribution in [0.4, 0.5) is 5.82 Å². The monoisotopic (exact) mass is 254 g/mol. The van der Waals surface area contributed by atoms with Crippen molar-refractivity contribution in [1.82, 2.24) is 4.98 Å². The van der Waals surface area contributed by atoms with Gasteiger partial charge in [-0.1, -0.05) is 18.2 Å². The first-order valence-electron chi connectivity index (χ1n) is 6.08. The third-order valence-electron chi connectivity index (χ3n) is 3.14. The van der Waals surface area contributed by atoms with E-state index in [-0.39, 0.29) is 0 Å². The molecule has 0 saturated carbocycles. The van der Waals surface area contributed by atoms with Gasteiger partial charge in [-0.3, -0.25) is 0 Å². The Morgan fingerprint density at radius 3 is 2.95 bits per heavy atom. The minimum absolute atomic E-state index is 0.460. The molecule has 0 bridgehead atoms. The van der Waals surface area contributed by atoms with Gasteiger partial charge < -0.3 is 15.3 Å². The Morgan fingerprint density at radius 2 is 2.11 bits per heavy atom. The van der Waals surface area contributed by atoms with Gasteiger partial charge in [0.1, 0.15) is 11.4 Å². The highest BCUT2D eigenvalue weighted by Gasteiger charge is 2.15. The third kappa shape index (κ3) is 2.30. The second-order valence-electron chi connectivity index (χ2n) is 4.50. The number of furan rings is 1. The molecule has 4 heteroatoms. The summed E-state index contributed by atoms with van der Waals surface area (Å²) in [6.45, 7) is 0. The number of pyridine rings is 1. The highest BCUT2D eigenvalue weighted by Crippen LogP contribution is 2.28. The van der Waals surface area contributed by atoms with E-state index in [1.807, 2.05) is 30.3 Å². The molecule has 0 saturated heterocycles. The topological polar surface area (TPSA) is 72.3 Å². The number of para-hydroxylation sites is 1. The molecule has 2 aromatic heterocycles. The number of nitrogen functional groups attached to an aromatic ring is 1. The normalized spacial score (nSPS) is 12.7. The zero-order chi connectivity index (χ0) is 13.2. The first kappa shape index (κ1) is 11.7. The Morgan fingerprint density at radius 1 is 1.26 bits per heavy atom. The summed E-state index contributed by atoms with van der Waals surface area (Å²) in [6.07, 6.45) is 3.12. The molecule has 1 unspecified atom stereocenters. The zero-order valence-corrected chi connectivity index (χ0v) is 10.3. The summed E-state index contributed by atoms with van der Waals surface area (Å²) in [5.41, 5.74) is 8.16. The fourth-order valence-corrected chi connectivity index (χ4v) is 2.21. The van der Waals surface area contributed by atoms with Crippen LogP contribution in [0.15, 0.2) is 53.3 Å². The molecule has 2 heterocycles. The van der Waals surface area contributed by atoms with Crippen LogP contribution in [0.1, 0.15) is 17.2 Å². The molecule has 0 fully saturated rings. The fourth-order valence-electron chi connectivity index (χ4n) is 2.21. The molecule has 19 heavy (non-hydrogen) atoms. The van der Waals surface area contributed by atoms with Crippen LogP contribution < -0.4 is 5.73 Å². The van der Waals surface area contributed by atoms with Crippen LogP contribution in [0.2, 0.25) is 0 Å². The molecule has 3 rings (SSSR count). The maximum absolute atomic E-state index is 10.3. The van der Waals surface area contributed by atoms with E-state index in [1.54, 1.807) is 18.5 Å². The van der Waals surface area contributed by atoms with E-state index in [2.05, 4.69) is 4.98 Å². The van der Waals surface area contributed by atoms with Crippen LogP contribution >= 0.6 is 0 Å². The average Bonchev–Trinajstić information content (AvgIpc) is 2.82. The summed E-state index contributed by atoms with van der Waals surface area (Å²) < 4.78 is 5.43. The van der Waals surface area contributed by atoms with E-state index in [0.29, 0.717) is 12.2 Å². The van der Waals surface area contributed by atoms with Gasteiger partial charge in [-0.15, -0.1) is 0 Å². The van der Waals surface area contributed by atoms with Crippen molar-refractivity contribution >= 4 is 16.8 Å².